The van der Waals surface area contributed by atoms with E-state index in [9.17, 15) is 5.21 Å². The molecule has 0 aliphatic rings. The van der Waals surface area contributed by atoms with Gasteiger partial charge in [0, 0.05) is 17.8 Å². The van der Waals surface area contributed by atoms with E-state index in [1.807, 2.05) is 12.1 Å². The zero-order valence-electron chi connectivity index (χ0n) is 14.5. The van der Waals surface area contributed by atoms with Gasteiger partial charge in [-0.15, -0.1) is 0 Å². The zero-order chi connectivity index (χ0) is 19.7. The molecule has 0 amide bonds. The number of rotatable bonds is 4. The Balaban J connectivity index is 1.90. The summed E-state index contributed by atoms with van der Waals surface area (Å²) >= 11 is 0. The number of nitrogen functional groups attached to an aromatic ring is 6. The van der Waals surface area contributed by atoms with Crippen LogP contribution in [0.2, 0.25) is 0 Å². The van der Waals surface area contributed by atoms with Gasteiger partial charge in [-0.2, -0.15) is 0 Å². The van der Waals surface area contributed by atoms with E-state index in [-0.39, 0.29) is 22.7 Å². The first-order valence-corrected chi connectivity index (χ1v) is 8.07. The standard InChI is InChI=1S/C18H22N8O/c19-11-3-1-9(2-4-11)10-5-15(22)18(16(23)6-10)25-26(27)12-7-13(20)17(24)14(21)8-12/h1-8,25-26H,19-24H2. The fourth-order valence-electron chi connectivity index (χ4n) is 2.69. The molecule has 1 atom stereocenters. The molecule has 27 heavy (non-hydrogen) atoms. The Hall–Kier alpha value is -3.82. The molecule has 1 unspecified atom stereocenters. The second-order valence-electron chi connectivity index (χ2n) is 6.17. The molecule has 3 aromatic carbocycles. The van der Waals surface area contributed by atoms with Crippen LogP contribution < -0.4 is 45.0 Å². The van der Waals surface area contributed by atoms with Gasteiger partial charge < -0.3 is 39.6 Å². The summed E-state index contributed by atoms with van der Waals surface area (Å²) < 4.78 is 0. The lowest BCUT2D eigenvalue weighted by Gasteiger charge is -2.25. The molecule has 3 aromatic rings. The molecule has 3 rings (SSSR count). The van der Waals surface area contributed by atoms with Gasteiger partial charge >= 0.3 is 0 Å². The van der Waals surface area contributed by atoms with Gasteiger partial charge in [-0.05, 0) is 35.4 Å². The lowest BCUT2D eigenvalue weighted by molar-refractivity contribution is -0.749. The molecule has 14 N–H and O–H groups in total. The molecule has 0 aromatic heterocycles. The smallest absolute Gasteiger partial charge is 0.160 e. The van der Waals surface area contributed by atoms with Gasteiger partial charge in [0.25, 0.3) is 0 Å². The van der Waals surface area contributed by atoms with E-state index in [0.717, 1.165) is 11.1 Å². The summed E-state index contributed by atoms with van der Waals surface area (Å²) in [6, 6.07) is 13.6. The van der Waals surface area contributed by atoms with Crippen molar-refractivity contribution in [2.75, 3.05) is 39.8 Å². The van der Waals surface area contributed by atoms with E-state index < -0.39 is 5.17 Å². The monoisotopic (exact) mass is 366 g/mol. The first-order chi connectivity index (χ1) is 12.8. The summed E-state index contributed by atoms with van der Waals surface area (Å²) in [4.78, 5) is 0. The highest BCUT2D eigenvalue weighted by atomic mass is 16.5. The number of quaternary nitrogens is 1. The molecule has 0 aliphatic carbocycles. The average molecular weight is 366 g/mol. The van der Waals surface area contributed by atoms with Crippen molar-refractivity contribution >= 4 is 45.5 Å². The molecule has 0 aliphatic heterocycles. The summed E-state index contributed by atoms with van der Waals surface area (Å²) in [6.45, 7) is 0. The van der Waals surface area contributed by atoms with Crippen molar-refractivity contribution in [2.24, 2.45) is 0 Å². The SMILES string of the molecule is Nc1ccc(-c2cc(N)c(N[NH+]([O-])c3cc(N)c(N)c(N)c3)c(N)c2)cc1. The average Bonchev–Trinajstić information content (AvgIpc) is 2.62. The number of hydrogen-bond donors (Lipinski definition) is 8. The van der Waals surface area contributed by atoms with Crippen LogP contribution in [0.5, 0.6) is 0 Å². The summed E-state index contributed by atoms with van der Waals surface area (Å²) in [7, 11) is 0. The second kappa shape index (κ2) is 6.83. The van der Waals surface area contributed by atoms with Crippen molar-refractivity contribution in [1.82, 2.24) is 0 Å². The Morgan fingerprint density at radius 3 is 1.70 bits per heavy atom. The van der Waals surface area contributed by atoms with Gasteiger partial charge in [0.1, 0.15) is 5.69 Å². The summed E-state index contributed by atoms with van der Waals surface area (Å²) in [5, 5.41) is 12.1. The van der Waals surface area contributed by atoms with Gasteiger partial charge in [0.15, 0.2) is 5.69 Å². The van der Waals surface area contributed by atoms with Gasteiger partial charge in [0.05, 0.1) is 28.4 Å². The third kappa shape index (κ3) is 3.59. The lowest BCUT2D eigenvalue weighted by atomic mass is 10.0. The largest absolute Gasteiger partial charge is 0.603 e. The van der Waals surface area contributed by atoms with Crippen LogP contribution in [-0.4, -0.2) is 0 Å². The van der Waals surface area contributed by atoms with Gasteiger partial charge in [0.2, 0.25) is 0 Å². The van der Waals surface area contributed by atoms with Crippen molar-refractivity contribution < 1.29 is 5.17 Å². The molecular formula is C18H22N8O. The van der Waals surface area contributed by atoms with E-state index in [1.165, 1.54) is 12.1 Å². The molecule has 140 valence electrons. The van der Waals surface area contributed by atoms with Crippen LogP contribution in [-0.2, 0) is 0 Å². The predicted molar refractivity (Wildman–Crippen MR) is 112 cm³/mol. The van der Waals surface area contributed by atoms with Gasteiger partial charge in [-0.25, -0.2) is 10.6 Å². The Morgan fingerprint density at radius 1 is 0.667 bits per heavy atom. The Bertz CT molecular complexity index is 941. The van der Waals surface area contributed by atoms with E-state index in [4.69, 9.17) is 34.4 Å². The fourth-order valence-corrected chi connectivity index (χ4v) is 2.69. The highest BCUT2D eigenvalue weighted by molar-refractivity contribution is 5.86. The number of anilines is 7. The third-order valence-electron chi connectivity index (χ3n) is 4.19. The maximum Gasteiger partial charge on any atom is 0.160 e. The molecule has 0 saturated carbocycles. The predicted octanol–water partition coefficient (Wildman–Crippen LogP) is 0.888. The van der Waals surface area contributed by atoms with E-state index in [0.29, 0.717) is 22.7 Å². The fraction of sp³-hybridized carbons (Fsp3) is 0. The highest BCUT2D eigenvalue weighted by Gasteiger charge is 2.14. The third-order valence-corrected chi connectivity index (χ3v) is 4.19. The Labute approximate surface area is 156 Å². The van der Waals surface area contributed by atoms with Gasteiger partial charge in [-0.1, -0.05) is 12.1 Å². The lowest BCUT2D eigenvalue weighted by Crippen LogP contribution is -3.05. The van der Waals surface area contributed by atoms with E-state index in [1.54, 1.807) is 24.3 Å². The van der Waals surface area contributed by atoms with Crippen molar-refractivity contribution in [3.8, 4) is 11.1 Å². The molecule has 0 radical (unpaired) electrons. The van der Waals surface area contributed by atoms with Crippen LogP contribution in [0.4, 0.5) is 45.5 Å². The first-order valence-electron chi connectivity index (χ1n) is 8.07. The van der Waals surface area contributed by atoms with Crippen LogP contribution in [0, 0.1) is 5.21 Å². The van der Waals surface area contributed by atoms with Crippen LogP contribution in [0.25, 0.3) is 11.1 Å². The second-order valence-corrected chi connectivity index (χ2v) is 6.17. The number of nitrogens with one attached hydrogen (secondary N) is 2. The molecule has 0 saturated heterocycles. The number of hydrogen-bond acceptors (Lipinski definition) is 8. The van der Waals surface area contributed by atoms with Crippen molar-refractivity contribution in [3.05, 3.63) is 53.7 Å². The summed E-state index contributed by atoms with van der Waals surface area (Å²) in [6.07, 6.45) is 0. The van der Waals surface area contributed by atoms with Crippen LogP contribution in [0.15, 0.2) is 48.5 Å². The van der Waals surface area contributed by atoms with Crippen LogP contribution in [0.1, 0.15) is 0 Å². The van der Waals surface area contributed by atoms with Crippen molar-refractivity contribution in [1.29, 1.82) is 0 Å². The number of nitrogens with two attached hydrogens (primary N) is 6. The molecular weight excluding hydrogens is 344 g/mol. The van der Waals surface area contributed by atoms with E-state index in [2.05, 4.69) is 5.43 Å². The number of benzene rings is 3. The minimum absolute atomic E-state index is 0.222. The highest BCUT2D eigenvalue weighted by Crippen LogP contribution is 2.33. The normalized spacial score (nSPS) is 11.9. The minimum atomic E-state index is -0.452. The molecule has 0 bridgehead atoms. The molecule has 0 heterocycles. The van der Waals surface area contributed by atoms with Gasteiger partial charge in [-0.3, -0.25) is 0 Å². The quantitative estimate of drug-likeness (QED) is 0.246. The van der Waals surface area contributed by atoms with Crippen LogP contribution >= 0.6 is 0 Å². The van der Waals surface area contributed by atoms with Crippen LogP contribution in [0.3, 0.4) is 0 Å². The Kier molecular flexibility index (Phi) is 4.55. The molecule has 0 spiro atoms. The molecule has 9 nitrogen and oxygen atoms in total. The maximum absolute atomic E-state index is 12.5. The topological polar surface area (TPSA) is 196 Å². The maximum atomic E-state index is 12.5. The first kappa shape index (κ1) is 18.0. The van der Waals surface area contributed by atoms with Crippen molar-refractivity contribution in [3.63, 3.8) is 0 Å². The van der Waals surface area contributed by atoms with Crippen molar-refractivity contribution in [2.45, 2.75) is 0 Å². The summed E-state index contributed by atoms with van der Waals surface area (Å²) in [5.74, 6) is 0. The zero-order valence-corrected chi connectivity index (χ0v) is 14.5. The van der Waals surface area contributed by atoms with E-state index >= 15 is 0 Å². The minimum Gasteiger partial charge on any atom is -0.603 e. The summed E-state index contributed by atoms with van der Waals surface area (Å²) in [5.41, 5.74) is 42.1. The molecule has 0 fully saturated rings. The molecule has 9 heteroatoms. The Morgan fingerprint density at radius 2 is 1.19 bits per heavy atom.